The maximum absolute atomic E-state index is 12.8. The first-order valence-corrected chi connectivity index (χ1v) is 12.3. The number of aromatic amines is 1. The van der Waals surface area contributed by atoms with Crippen LogP contribution in [-0.2, 0) is 16.4 Å². The van der Waals surface area contributed by atoms with Crippen molar-refractivity contribution in [2.24, 2.45) is 0 Å². The van der Waals surface area contributed by atoms with Crippen molar-refractivity contribution in [3.63, 3.8) is 0 Å². The minimum Gasteiger partial charge on any atom is -0.322 e. The van der Waals surface area contributed by atoms with Gasteiger partial charge in [0.25, 0.3) is 11.5 Å². The molecule has 1 fully saturated rings. The number of hydrogen-bond donors (Lipinski definition) is 2. The number of hydrogen-bond acceptors (Lipinski definition) is 4. The van der Waals surface area contributed by atoms with Crippen molar-refractivity contribution in [2.75, 3.05) is 18.4 Å². The summed E-state index contributed by atoms with van der Waals surface area (Å²) in [5.74, 6) is -0.351. The zero-order valence-electron chi connectivity index (χ0n) is 18.3. The zero-order valence-corrected chi connectivity index (χ0v) is 19.1. The topological polar surface area (TPSA) is 99.3 Å². The highest BCUT2D eigenvalue weighted by Crippen LogP contribution is 2.23. The largest absolute Gasteiger partial charge is 0.322 e. The summed E-state index contributed by atoms with van der Waals surface area (Å²) in [6, 6.07) is 11.4. The monoisotopic (exact) mass is 453 g/mol. The SMILES string of the molecule is CCc1c(C)c2ccc(NC(=O)c3ccc(S(=O)(=O)N4CCCCC4)cc3)cc2[nH]c1=O. The minimum absolute atomic E-state index is 0.119. The summed E-state index contributed by atoms with van der Waals surface area (Å²) in [6.07, 6.45) is 3.44. The van der Waals surface area contributed by atoms with Crippen LogP contribution in [0.25, 0.3) is 10.9 Å². The van der Waals surface area contributed by atoms with E-state index in [1.807, 2.05) is 19.9 Å². The molecule has 0 atom stereocenters. The van der Waals surface area contributed by atoms with Gasteiger partial charge in [0, 0.05) is 35.3 Å². The van der Waals surface area contributed by atoms with Crippen LogP contribution < -0.4 is 10.9 Å². The predicted octanol–water partition coefficient (Wildman–Crippen LogP) is 3.83. The molecule has 8 heteroatoms. The highest BCUT2D eigenvalue weighted by atomic mass is 32.2. The average Bonchev–Trinajstić information content (AvgIpc) is 2.80. The molecular formula is C24H27N3O4S. The molecule has 0 saturated carbocycles. The number of sulfonamides is 1. The van der Waals surface area contributed by atoms with Crippen LogP contribution in [0.4, 0.5) is 5.69 Å². The number of pyridine rings is 1. The Kier molecular flexibility index (Phi) is 6.17. The Balaban J connectivity index is 1.54. The van der Waals surface area contributed by atoms with Crippen LogP contribution in [0.5, 0.6) is 0 Å². The van der Waals surface area contributed by atoms with Crippen molar-refractivity contribution in [2.45, 2.75) is 44.4 Å². The highest BCUT2D eigenvalue weighted by Gasteiger charge is 2.26. The Morgan fingerprint density at radius 3 is 2.41 bits per heavy atom. The third-order valence-electron chi connectivity index (χ3n) is 6.08. The minimum atomic E-state index is -3.53. The second-order valence-electron chi connectivity index (χ2n) is 8.11. The molecule has 3 aromatic rings. The number of anilines is 1. The summed E-state index contributed by atoms with van der Waals surface area (Å²) >= 11 is 0. The van der Waals surface area contributed by atoms with Crippen molar-refractivity contribution in [1.82, 2.24) is 9.29 Å². The average molecular weight is 454 g/mol. The number of piperidine rings is 1. The van der Waals surface area contributed by atoms with Gasteiger partial charge in [0.2, 0.25) is 10.0 Å². The number of benzene rings is 2. The van der Waals surface area contributed by atoms with E-state index < -0.39 is 10.0 Å². The lowest BCUT2D eigenvalue weighted by atomic mass is 10.0. The Morgan fingerprint density at radius 1 is 1.06 bits per heavy atom. The molecule has 168 valence electrons. The molecule has 7 nitrogen and oxygen atoms in total. The summed E-state index contributed by atoms with van der Waals surface area (Å²) in [5.41, 5.74) is 3.14. The maximum atomic E-state index is 12.8. The number of rotatable bonds is 5. The number of fused-ring (bicyclic) bond motifs is 1. The first-order chi connectivity index (χ1) is 15.3. The molecule has 0 radical (unpaired) electrons. The quantitative estimate of drug-likeness (QED) is 0.613. The molecule has 2 heterocycles. The van der Waals surface area contributed by atoms with Crippen LogP contribution in [0.1, 0.15) is 47.7 Å². The van der Waals surface area contributed by atoms with E-state index in [9.17, 15) is 18.0 Å². The number of nitrogens with zero attached hydrogens (tertiary/aromatic N) is 1. The van der Waals surface area contributed by atoms with Gasteiger partial charge >= 0.3 is 0 Å². The summed E-state index contributed by atoms with van der Waals surface area (Å²) in [6.45, 7) is 4.94. The number of aromatic nitrogens is 1. The van der Waals surface area contributed by atoms with E-state index in [0.717, 1.165) is 35.8 Å². The predicted molar refractivity (Wildman–Crippen MR) is 126 cm³/mol. The number of aryl methyl sites for hydroxylation is 1. The molecular weight excluding hydrogens is 426 g/mol. The summed E-state index contributed by atoms with van der Waals surface area (Å²) in [5, 5.41) is 3.76. The van der Waals surface area contributed by atoms with Gasteiger partial charge in [-0.25, -0.2) is 8.42 Å². The molecule has 1 amide bonds. The normalized spacial score (nSPS) is 15.1. The Bertz CT molecular complexity index is 1320. The van der Waals surface area contributed by atoms with Gasteiger partial charge in [0.05, 0.1) is 10.4 Å². The third kappa shape index (κ3) is 4.20. The van der Waals surface area contributed by atoms with E-state index in [0.29, 0.717) is 36.3 Å². The second kappa shape index (κ2) is 8.88. The number of amides is 1. The fourth-order valence-corrected chi connectivity index (χ4v) is 5.76. The molecule has 32 heavy (non-hydrogen) atoms. The van der Waals surface area contributed by atoms with Crippen LogP contribution in [0.3, 0.4) is 0 Å². The molecule has 0 spiro atoms. The third-order valence-corrected chi connectivity index (χ3v) is 7.99. The van der Waals surface area contributed by atoms with Gasteiger partial charge in [0.1, 0.15) is 0 Å². The van der Waals surface area contributed by atoms with E-state index in [1.165, 1.54) is 28.6 Å². The molecule has 1 aliphatic rings. The van der Waals surface area contributed by atoms with Crippen LogP contribution >= 0.6 is 0 Å². The van der Waals surface area contributed by atoms with Crippen molar-refractivity contribution in [3.05, 3.63) is 69.5 Å². The van der Waals surface area contributed by atoms with Gasteiger partial charge in [-0.15, -0.1) is 0 Å². The van der Waals surface area contributed by atoms with Gasteiger partial charge in [-0.05, 0) is 68.1 Å². The number of nitrogens with one attached hydrogen (secondary N) is 2. The maximum Gasteiger partial charge on any atom is 0.255 e. The molecule has 1 aromatic heterocycles. The molecule has 1 saturated heterocycles. The Labute approximate surface area is 187 Å². The van der Waals surface area contributed by atoms with E-state index in [4.69, 9.17) is 0 Å². The molecule has 0 bridgehead atoms. The van der Waals surface area contributed by atoms with Crippen molar-refractivity contribution in [1.29, 1.82) is 0 Å². The van der Waals surface area contributed by atoms with E-state index in [1.54, 1.807) is 12.1 Å². The lowest BCUT2D eigenvalue weighted by Gasteiger charge is -2.25. The highest BCUT2D eigenvalue weighted by molar-refractivity contribution is 7.89. The standard InChI is InChI=1S/C24H27N3O4S/c1-3-20-16(2)21-12-9-18(15-22(21)26-24(20)29)25-23(28)17-7-10-19(11-8-17)32(30,31)27-13-5-4-6-14-27/h7-12,15H,3-6,13-14H2,1-2H3,(H,25,28)(H,26,29). The van der Waals surface area contributed by atoms with Crippen LogP contribution in [0.2, 0.25) is 0 Å². The lowest BCUT2D eigenvalue weighted by molar-refractivity contribution is 0.102. The van der Waals surface area contributed by atoms with Gasteiger partial charge < -0.3 is 10.3 Å². The van der Waals surface area contributed by atoms with Gasteiger partial charge in [-0.3, -0.25) is 9.59 Å². The number of carbonyl (C=O) groups is 1. The van der Waals surface area contributed by atoms with Crippen molar-refractivity contribution >= 4 is 32.5 Å². The van der Waals surface area contributed by atoms with E-state index in [2.05, 4.69) is 10.3 Å². The fraction of sp³-hybridized carbons (Fsp3) is 0.333. The molecule has 2 N–H and O–H groups in total. The summed E-state index contributed by atoms with van der Waals surface area (Å²) in [7, 11) is -3.53. The number of carbonyl (C=O) groups excluding carboxylic acids is 1. The smallest absolute Gasteiger partial charge is 0.255 e. The van der Waals surface area contributed by atoms with Gasteiger partial charge in [0.15, 0.2) is 0 Å². The Hall–Kier alpha value is -2.97. The van der Waals surface area contributed by atoms with E-state index >= 15 is 0 Å². The second-order valence-corrected chi connectivity index (χ2v) is 10.1. The van der Waals surface area contributed by atoms with Crippen LogP contribution in [-0.4, -0.2) is 36.7 Å². The molecule has 4 rings (SSSR count). The Morgan fingerprint density at radius 2 is 1.75 bits per heavy atom. The lowest BCUT2D eigenvalue weighted by Crippen LogP contribution is -2.35. The van der Waals surface area contributed by atoms with Gasteiger partial charge in [-0.1, -0.05) is 19.4 Å². The van der Waals surface area contributed by atoms with Crippen LogP contribution in [0.15, 0.2) is 52.2 Å². The van der Waals surface area contributed by atoms with E-state index in [-0.39, 0.29) is 16.4 Å². The molecule has 1 aliphatic heterocycles. The van der Waals surface area contributed by atoms with Crippen LogP contribution in [0, 0.1) is 6.92 Å². The fourth-order valence-electron chi connectivity index (χ4n) is 4.24. The van der Waals surface area contributed by atoms with Gasteiger partial charge in [-0.2, -0.15) is 4.31 Å². The molecule has 0 aliphatic carbocycles. The first kappa shape index (κ1) is 22.2. The van der Waals surface area contributed by atoms with Crippen molar-refractivity contribution < 1.29 is 13.2 Å². The van der Waals surface area contributed by atoms with Crippen molar-refractivity contribution in [3.8, 4) is 0 Å². The summed E-state index contributed by atoms with van der Waals surface area (Å²) in [4.78, 5) is 28.1. The zero-order chi connectivity index (χ0) is 22.9. The first-order valence-electron chi connectivity index (χ1n) is 10.9. The number of H-pyrrole nitrogens is 1. The summed E-state index contributed by atoms with van der Waals surface area (Å²) < 4.78 is 27.1. The molecule has 0 unspecified atom stereocenters. The molecule has 2 aromatic carbocycles.